The van der Waals surface area contributed by atoms with E-state index in [0.29, 0.717) is 0 Å². The number of furan rings is 1. The van der Waals surface area contributed by atoms with Gasteiger partial charge < -0.3 is 8.98 Å². The van der Waals surface area contributed by atoms with Crippen LogP contribution in [0.25, 0.3) is 116 Å². The van der Waals surface area contributed by atoms with E-state index >= 15 is 0 Å². The van der Waals surface area contributed by atoms with Crippen molar-refractivity contribution in [2.75, 3.05) is 0 Å². The SMILES string of the molecule is c1ccc(-n2c3ccc(-c4cccc(-c5nc6c7c(cccc7n5)-c5ccccc5-6)c4)cc3c3cc(-c4ccc5oc6ccccc6c5c4)ccc32)cc1. The molecule has 0 radical (unpaired) electrons. The third-order valence-corrected chi connectivity index (χ3v) is 11.1. The van der Waals surface area contributed by atoms with Crippen LogP contribution in [0, 0.1) is 0 Å². The molecule has 54 heavy (non-hydrogen) atoms. The molecule has 0 saturated carbocycles. The minimum atomic E-state index is 0.738. The molecule has 4 heteroatoms. The maximum Gasteiger partial charge on any atom is 0.160 e. The highest BCUT2D eigenvalue weighted by molar-refractivity contribution is 6.14. The average Bonchev–Trinajstić information content (AvgIpc) is 3.89. The van der Waals surface area contributed by atoms with Crippen molar-refractivity contribution in [3.63, 3.8) is 0 Å². The number of aromatic nitrogens is 3. The second-order valence-corrected chi connectivity index (χ2v) is 14.2. The summed E-state index contributed by atoms with van der Waals surface area (Å²) in [5, 5.41) is 5.81. The summed E-state index contributed by atoms with van der Waals surface area (Å²) in [6.07, 6.45) is 0. The number of rotatable bonds is 4. The van der Waals surface area contributed by atoms with Crippen LogP contribution in [0.4, 0.5) is 0 Å². The highest BCUT2D eigenvalue weighted by Crippen LogP contribution is 2.46. The standard InChI is InChI=1S/C50H29N3O/c1-2-12-35(13-3-1)53-44-23-20-31(27-40(44)41-28-32(21-24-45(41)53)33-22-25-47-42(29-33)37-15-6-7-19-46(37)54-47)30-10-8-11-34(26-30)50-51-43-18-9-17-38-36-14-4-5-16-39(36)49(52-50)48(38)43/h1-29H. The molecule has 3 aromatic heterocycles. The van der Waals surface area contributed by atoms with Gasteiger partial charge in [0.2, 0.25) is 0 Å². The maximum absolute atomic E-state index is 6.15. The highest BCUT2D eigenvalue weighted by Gasteiger charge is 2.24. The van der Waals surface area contributed by atoms with Gasteiger partial charge in [0.05, 0.1) is 22.2 Å². The van der Waals surface area contributed by atoms with E-state index in [4.69, 9.17) is 14.4 Å². The first-order valence-electron chi connectivity index (χ1n) is 18.3. The second kappa shape index (κ2) is 11.1. The molecule has 0 aliphatic heterocycles. The van der Waals surface area contributed by atoms with E-state index in [9.17, 15) is 0 Å². The monoisotopic (exact) mass is 687 g/mol. The molecule has 1 aliphatic rings. The Kier molecular flexibility index (Phi) is 6.02. The van der Waals surface area contributed by atoms with Crippen LogP contribution in [0.3, 0.4) is 0 Å². The molecule has 0 amide bonds. The minimum absolute atomic E-state index is 0.738. The van der Waals surface area contributed by atoms with Gasteiger partial charge in [-0.2, -0.15) is 0 Å². The molecular formula is C50H29N3O. The summed E-state index contributed by atoms with van der Waals surface area (Å²) in [7, 11) is 0. The van der Waals surface area contributed by atoms with Crippen molar-refractivity contribution >= 4 is 54.6 Å². The molecule has 8 aromatic carbocycles. The maximum atomic E-state index is 6.15. The van der Waals surface area contributed by atoms with Gasteiger partial charge >= 0.3 is 0 Å². The molecule has 4 nitrogen and oxygen atoms in total. The van der Waals surface area contributed by atoms with Crippen LogP contribution >= 0.6 is 0 Å². The smallest absolute Gasteiger partial charge is 0.160 e. The topological polar surface area (TPSA) is 43.9 Å². The van der Waals surface area contributed by atoms with E-state index in [1.54, 1.807) is 0 Å². The zero-order valence-electron chi connectivity index (χ0n) is 29.0. The molecular weight excluding hydrogens is 659 g/mol. The lowest BCUT2D eigenvalue weighted by Crippen LogP contribution is -1.94. The molecule has 0 atom stereocenters. The molecule has 3 heterocycles. The molecule has 0 saturated heterocycles. The van der Waals surface area contributed by atoms with Gasteiger partial charge in [0.25, 0.3) is 0 Å². The Hall–Kier alpha value is -7.30. The summed E-state index contributed by atoms with van der Waals surface area (Å²) in [6.45, 7) is 0. The minimum Gasteiger partial charge on any atom is -0.456 e. The zero-order valence-corrected chi connectivity index (χ0v) is 29.0. The van der Waals surface area contributed by atoms with Crippen molar-refractivity contribution in [1.82, 2.24) is 14.5 Å². The normalized spacial score (nSPS) is 12.1. The highest BCUT2D eigenvalue weighted by atomic mass is 16.3. The van der Waals surface area contributed by atoms with Gasteiger partial charge in [0, 0.05) is 43.7 Å². The summed E-state index contributed by atoms with van der Waals surface area (Å²) >= 11 is 0. The van der Waals surface area contributed by atoms with Crippen LogP contribution in [0.15, 0.2) is 180 Å². The second-order valence-electron chi connectivity index (χ2n) is 14.2. The van der Waals surface area contributed by atoms with Crippen LogP contribution in [0.1, 0.15) is 0 Å². The van der Waals surface area contributed by atoms with E-state index < -0.39 is 0 Å². The van der Waals surface area contributed by atoms with Crippen LogP contribution in [0.2, 0.25) is 0 Å². The number of hydrogen-bond donors (Lipinski definition) is 0. The van der Waals surface area contributed by atoms with Gasteiger partial charge in [-0.1, -0.05) is 109 Å². The Morgan fingerprint density at radius 3 is 1.81 bits per heavy atom. The Labute approximate surface area is 310 Å². The first-order chi connectivity index (χ1) is 26.7. The van der Waals surface area contributed by atoms with Crippen molar-refractivity contribution < 1.29 is 4.42 Å². The molecule has 0 unspecified atom stereocenters. The van der Waals surface area contributed by atoms with Gasteiger partial charge in [0.1, 0.15) is 11.2 Å². The lowest BCUT2D eigenvalue weighted by molar-refractivity contribution is 0.669. The predicted octanol–water partition coefficient (Wildman–Crippen LogP) is 13.3. The summed E-state index contributed by atoms with van der Waals surface area (Å²) in [6, 6.07) is 62.7. The largest absolute Gasteiger partial charge is 0.456 e. The van der Waals surface area contributed by atoms with Crippen molar-refractivity contribution in [3.8, 4) is 61.7 Å². The molecule has 11 aromatic rings. The van der Waals surface area contributed by atoms with Crippen LogP contribution in [0.5, 0.6) is 0 Å². The fourth-order valence-electron chi connectivity index (χ4n) is 8.64. The molecule has 12 rings (SSSR count). The van der Waals surface area contributed by atoms with Gasteiger partial charge in [-0.25, -0.2) is 9.97 Å². The summed E-state index contributed by atoms with van der Waals surface area (Å²) in [5.74, 6) is 0.738. The number of benzene rings is 8. The van der Waals surface area contributed by atoms with Gasteiger partial charge in [-0.15, -0.1) is 0 Å². The van der Waals surface area contributed by atoms with Crippen LogP contribution in [-0.4, -0.2) is 14.5 Å². The van der Waals surface area contributed by atoms with E-state index in [2.05, 4.69) is 168 Å². The lowest BCUT2D eigenvalue weighted by Gasteiger charge is -2.09. The fraction of sp³-hybridized carbons (Fsp3) is 0. The van der Waals surface area contributed by atoms with Crippen molar-refractivity contribution in [2.24, 2.45) is 0 Å². The summed E-state index contributed by atoms with van der Waals surface area (Å²) < 4.78 is 8.53. The molecule has 0 bridgehead atoms. The van der Waals surface area contributed by atoms with E-state index in [1.807, 2.05) is 12.1 Å². The first kappa shape index (κ1) is 29.3. The molecule has 0 N–H and O–H groups in total. The Morgan fingerprint density at radius 2 is 1.00 bits per heavy atom. The van der Waals surface area contributed by atoms with Crippen molar-refractivity contribution in [3.05, 3.63) is 176 Å². The number of para-hydroxylation sites is 2. The van der Waals surface area contributed by atoms with Gasteiger partial charge in [-0.05, 0) is 100 Å². The Bertz CT molecular complexity index is 3330. The summed E-state index contributed by atoms with van der Waals surface area (Å²) in [4.78, 5) is 10.3. The van der Waals surface area contributed by atoms with Crippen molar-refractivity contribution in [2.45, 2.75) is 0 Å². The zero-order chi connectivity index (χ0) is 35.3. The molecule has 0 fully saturated rings. The van der Waals surface area contributed by atoms with E-state index in [1.165, 1.54) is 44.1 Å². The van der Waals surface area contributed by atoms with Crippen LogP contribution < -0.4 is 0 Å². The van der Waals surface area contributed by atoms with E-state index in [-0.39, 0.29) is 0 Å². The number of nitrogens with zero attached hydrogens (tertiary/aromatic N) is 3. The lowest BCUT2D eigenvalue weighted by atomic mass is 9.98. The van der Waals surface area contributed by atoms with Crippen LogP contribution in [-0.2, 0) is 0 Å². The fourth-order valence-corrected chi connectivity index (χ4v) is 8.64. The molecule has 1 aliphatic carbocycles. The first-order valence-corrected chi connectivity index (χ1v) is 18.3. The number of fused-ring (bicyclic) bond motifs is 9. The Balaban J connectivity index is 1.02. The average molecular weight is 688 g/mol. The molecule has 0 spiro atoms. The summed E-state index contributed by atoms with van der Waals surface area (Å²) in [5.41, 5.74) is 16.5. The molecule has 250 valence electrons. The Morgan fingerprint density at radius 1 is 0.389 bits per heavy atom. The quantitative estimate of drug-likeness (QED) is 0.185. The third-order valence-electron chi connectivity index (χ3n) is 11.1. The van der Waals surface area contributed by atoms with E-state index in [0.717, 1.165) is 72.3 Å². The van der Waals surface area contributed by atoms with Gasteiger partial charge in [-0.3, -0.25) is 0 Å². The predicted molar refractivity (Wildman–Crippen MR) is 222 cm³/mol. The van der Waals surface area contributed by atoms with Gasteiger partial charge in [0.15, 0.2) is 5.82 Å². The third kappa shape index (κ3) is 4.25. The van der Waals surface area contributed by atoms with Crippen molar-refractivity contribution in [1.29, 1.82) is 0 Å². The number of hydrogen-bond acceptors (Lipinski definition) is 3.